The van der Waals surface area contributed by atoms with E-state index in [0.29, 0.717) is 19.5 Å². The number of nitrogens with zero attached hydrogens (tertiary/aromatic N) is 2. The first-order chi connectivity index (χ1) is 14.5. The van der Waals surface area contributed by atoms with Gasteiger partial charge in [0.05, 0.1) is 25.3 Å². The van der Waals surface area contributed by atoms with Gasteiger partial charge in [0.2, 0.25) is 11.8 Å². The van der Waals surface area contributed by atoms with E-state index < -0.39 is 0 Å². The monoisotopic (exact) mass is 415 g/mol. The van der Waals surface area contributed by atoms with Gasteiger partial charge in [-0.05, 0) is 30.5 Å². The van der Waals surface area contributed by atoms with Crippen LogP contribution < -0.4 is 10.2 Å². The summed E-state index contributed by atoms with van der Waals surface area (Å²) in [6, 6.07) is 7.91. The number of likely N-dealkylation sites (tertiary alicyclic amines) is 1. The minimum Gasteiger partial charge on any atom is -0.394 e. The quantitative estimate of drug-likeness (QED) is 0.634. The summed E-state index contributed by atoms with van der Waals surface area (Å²) < 4.78 is 5.73. The summed E-state index contributed by atoms with van der Waals surface area (Å²) in [6.07, 6.45) is 5.95. The van der Waals surface area contributed by atoms with Gasteiger partial charge in [-0.25, -0.2) is 0 Å². The van der Waals surface area contributed by atoms with Crippen LogP contribution in [0.2, 0.25) is 0 Å². The SMILES string of the molecule is CO[C@H](c1ccc(N2CCNCC2=O)cc1)[C@H](C)/C=C/CC(=O)N1CCC[C@H]1CO. The van der Waals surface area contributed by atoms with Crippen molar-refractivity contribution >= 4 is 17.5 Å². The first kappa shape index (κ1) is 22.5. The molecule has 1 aromatic rings. The van der Waals surface area contributed by atoms with Crippen LogP contribution in [0.15, 0.2) is 36.4 Å². The molecular weight excluding hydrogens is 382 g/mol. The van der Waals surface area contributed by atoms with Crippen LogP contribution in [0.5, 0.6) is 0 Å². The average Bonchev–Trinajstić information content (AvgIpc) is 3.24. The summed E-state index contributed by atoms with van der Waals surface area (Å²) in [5.74, 6) is 0.232. The van der Waals surface area contributed by atoms with Gasteiger partial charge in [-0.2, -0.15) is 0 Å². The molecule has 2 aliphatic heterocycles. The Morgan fingerprint density at radius 2 is 2.10 bits per heavy atom. The van der Waals surface area contributed by atoms with E-state index in [1.165, 1.54) is 0 Å². The van der Waals surface area contributed by atoms with Crippen LogP contribution in [0.4, 0.5) is 5.69 Å². The third-order valence-electron chi connectivity index (χ3n) is 5.99. The summed E-state index contributed by atoms with van der Waals surface area (Å²) in [5, 5.41) is 12.5. The minimum atomic E-state index is -0.138. The van der Waals surface area contributed by atoms with Crippen LogP contribution in [-0.2, 0) is 14.3 Å². The maximum Gasteiger partial charge on any atom is 0.240 e. The molecule has 0 spiro atoms. The van der Waals surface area contributed by atoms with Crippen molar-refractivity contribution in [1.29, 1.82) is 0 Å². The maximum atomic E-state index is 12.4. The molecule has 0 unspecified atom stereocenters. The normalized spacial score (nSPS) is 22.0. The van der Waals surface area contributed by atoms with E-state index >= 15 is 0 Å². The fourth-order valence-electron chi connectivity index (χ4n) is 4.33. The highest BCUT2D eigenvalue weighted by molar-refractivity contribution is 5.95. The number of nitrogens with one attached hydrogen (secondary N) is 1. The first-order valence-electron chi connectivity index (χ1n) is 10.8. The number of carbonyl (C=O) groups is 2. The number of carbonyl (C=O) groups excluding carboxylic acids is 2. The van der Waals surface area contributed by atoms with E-state index in [4.69, 9.17) is 4.74 Å². The second-order valence-electron chi connectivity index (χ2n) is 8.03. The van der Waals surface area contributed by atoms with Gasteiger partial charge in [0.1, 0.15) is 0 Å². The van der Waals surface area contributed by atoms with Gasteiger partial charge in [0.25, 0.3) is 0 Å². The van der Waals surface area contributed by atoms with E-state index in [1.54, 1.807) is 16.9 Å². The second kappa shape index (κ2) is 10.7. The number of hydrogen-bond acceptors (Lipinski definition) is 5. The number of ether oxygens (including phenoxy) is 1. The molecule has 3 atom stereocenters. The fourth-order valence-corrected chi connectivity index (χ4v) is 4.33. The standard InChI is InChI=1S/C23H33N3O4/c1-17(5-3-7-21(28)25-13-4-6-20(25)16-27)23(30-2)18-8-10-19(11-9-18)26-14-12-24-15-22(26)29/h3,5,8-11,17,20,23-24,27H,4,6-7,12-16H2,1-2H3/b5-3+/t17-,20+,23+/m1/s1. The van der Waals surface area contributed by atoms with Crippen molar-refractivity contribution in [2.24, 2.45) is 5.92 Å². The zero-order chi connectivity index (χ0) is 21.5. The molecule has 2 aliphatic rings. The van der Waals surface area contributed by atoms with E-state index in [-0.39, 0.29) is 36.5 Å². The van der Waals surface area contributed by atoms with Crippen LogP contribution in [0.3, 0.4) is 0 Å². The number of anilines is 1. The molecule has 0 radical (unpaired) electrons. The molecule has 7 heteroatoms. The number of hydrogen-bond donors (Lipinski definition) is 2. The van der Waals surface area contributed by atoms with Crippen molar-refractivity contribution in [3.8, 4) is 0 Å². The molecule has 164 valence electrons. The number of methoxy groups -OCH3 is 1. The lowest BCUT2D eigenvalue weighted by atomic mass is 9.96. The lowest BCUT2D eigenvalue weighted by Gasteiger charge is -2.28. The van der Waals surface area contributed by atoms with E-state index in [1.807, 2.05) is 36.4 Å². The van der Waals surface area contributed by atoms with E-state index in [0.717, 1.165) is 37.2 Å². The molecule has 2 saturated heterocycles. The molecule has 2 N–H and O–H groups in total. The highest BCUT2D eigenvalue weighted by atomic mass is 16.5. The van der Waals surface area contributed by atoms with Crippen molar-refractivity contribution in [3.63, 3.8) is 0 Å². The van der Waals surface area contributed by atoms with Gasteiger partial charge < -0.3 is 25.0 Å². The van der Waals surface area contributed by atoms with Crippen LogP contribution in [0.1, 0.15) is 37.9 Å². The predicted molar refractivity (Wildman–Crippen MR) is 116 cm³/mol. The number of rotatable bonds is 8. The smallest absolute Gasteiger partial charge is 0.240 e. The summed E-state index contributed by atoms with van der Waals surface area (Å²) >= 11 is 0. The summed E-state index contributed by atoms with van der Waals surface area (Å²) in [7, 11) is 1.68. The van der Waals surface area contributed by atoms with Gasteiger partial charge in [0, 0.05) is 44.8 Å². The minimum absolute atomic E-state index is 0.0314. The Labute approximate surface area is 178 Å². The molecule has 3 rings (SSSR count). The molecule has 0 aromatic heterocycles. The number of amides is 2. The lowest BCUT2D eigenvalue weighted by Crippen LogP contribution is -2.48. The van der Waals surface area contributed by atoms with Crippen molar-refractivity contribution in [1.82, 2.24) is 10.2 Å². The number of piperazine rings is 1. The molecule has 1 aromatic carbocycles. The maximum absolute atomic E-state index is 12.4. The van der Waals surface area contributed by atoms with E-state index in [9.17, 15) is 14.7 Å². The number of benzene rings is 1. The van der Waals surface area contributed by atoms with Gasteiger partial charge in [-0.3, -0.25) is 9.59 Å². The van der Waals surface area contributed by atoms with E-state index in [2.05, 4.69) is 12.2 Å². The van der Waals surface area contributed by atoms with Crippen molar-refractivity contribution in [2.45, 2.75) is 38.3 Å². The zero-order valence-electron chi connectivity index (χ0n) is 17.9. The van der Waals surface area contributed by atoms with Gasteiger partial charge in [-0.15, -0.1) is 0 Å². The Balaban J connectivity index is 1.58. The van der Waals surface area contributed by atoms with Gasteiger partial charge >= 0.3 is 0 Å². The third kappa shape index (κ3) is 5.28. The average molecular weight is 416 g/mol. The molecule has 30 heavy (non-hydrogen) atoms. The van der Waals surface area contributed by atoms with Gasteiger partial charge in [0.15, 0.2) is 0 Å². The van der Waals surface area contributed by atoms with Crippen LogP contribution >= 0.6 is 0 Å². The molecule has 2 fully saturated rings. The first-order valence-corrected chi connectivity index (χ1v) is 10.8. The van der Waals surface area contributed by atoms with Crippen molar-refractivity contribution < 1.29 is 19.4 Å². The molecule has 2 heterocycles. The van der Waals surface area contributed by atoms with Crippen LogP contribution in [-0.4, -0.2) is 67.8 Å². The zero-order valence-corrected chi connectivity index (χ0v) is 17.9. The second-order valence-corrected chi connectivity index (χ2v) is 8.03. The Bertz CT molecular complexity index is 749. The lowest BCUT2D eigenvalue weighted by molar-refractivity contribution is -0.131. The fraction of sp³-hybridized carbons (Fsp3) is 0.565. The van der Waals surface area contributed by atoms with Crippen LogP contribution in [0, 0.1) is 5.92 Å². The summed E-state index contributed by atoms with van der Waals surface area (Å²) in [5.41, 5.74) is 1.94. The molecule has 0 aliphatic carbocycles. The molecular formula is C23H33N3O4. The molecule has 0 saturated carbocycles. The Morgan fingerprint density at radius 3 is 2.77 bits per heavy atom. The van der Waals surface area contributed by atoms with Crippen LogP contribution in [0.25, 0.3) is 0 Å². The van der Waals surface area contributed by atoms with Gasteiger partial charge in [-0.1, -0.05) is 31.2 Å². The third-order valence-corrected chi connectivity index (χ3v) is 5.99. The molecule has 0 bridgehead atoms. The molecule has 7 nitrogen and oxygen atoms in total. The summed E-state index contributed by atoms with van der Waals surface area (Å²) in [4.78, 5) is 28.1. The number of aliphatic hydroxyl groups is 1. The van der Waals surface area contributed by atoms with Crippen molar-refractivity contribution in [2.75, 3.05) is 44.8 Å². The summed E-state index contributed by atoms with van der Waals surface area (Å²) in [6.45, 7) is 4.68. The Kier molecular flexibility index (Phi) is 8.01. The highest BCUT2D eigenvalue weighted by Crippen LogP contribution is 2.29. The van der Waals surface area contributed by atoms with Crippen molar-refractivity contribution in [3.05, 3.63) is 42.0 Å². The largest absolute Gasteiger partial charge is 0.394 e. The molecule has 2 amide bonds. The predicted octanol–water partition coefficient (Wildman–Crippen LogP) is 1.88. The highest BCUT2D eigenvalue weighted by Gasteiger charge is 2.27. The topological polar surface area (TPSA) is 82.1 Å². The Hall–Kier alpha value is -2.22. The number of aliphatic hydroxyl groups excluding tert-OH is 1. The Morgan fingerprint density at radius 1 is 1.33 bits per heavy atom.